The van der Waals surface area contributed by atoms with Crippen molar-refractivity contribution in [2.24, 2.45) is 0 Å². The fraction of sp³-hybridized carbons (Fsp3) is 0.125. The molecule has 1 N–H and O–H groups in total. The maximum absolute atomic E-state index is 13.2. The van der Waals surface area contributed by atoms with Gasteiger partial charge < -0.3 is 5.32 Å². The lowest BCUT2D eigenvalue weighted by Gasteiger charge is -2.14. The van der Waals surface area contributed by atoms with Crippen LogP contribution < -0.4 is 10.9 Å². The molecule has 34 heavy (non-hydrogen) atoms. The third-order valence-corrected chi connectivity index (χ3v) is 6.36. The smallest absolute Gasteiger partial charge is 0.271 e. The average Bonchev–Trinajstić information content (AvgIpc) is 2.82. The summed E-state index contributed by atoms with van der Waals surface area (Å²) in [5.41, 5.74) is 2.34. The van der Waals surface area contributed by atoms with Crippen LogP contribution in [0.5, 0.6) is 0 Å². The van der Waals surface area contributed by atoms with E-state index in [0.29, 0.717) is 22.6 Å². The zero-order valence-corrected chi connectivity index (χ0v) is 19.6. The Morgan fingerprint density at radius 2 is 1.88 bits per heavy atom. The second kappa shape index (κ2) is 10.1. The second-order valence-electron chi connectivity index (χ2n) is 7.55. The van der Waals surface area contributed by atoms with Crippen LogP contribution in [0, 0.1) is 17.0 Å². The standard InChI is InChI=1S/C24H19ClN4O4S/c1-15-6-8-16(9-7-15)13-28-23(31)18-4-2-3-5-20(18)27-24(28)34-14-22(30)26-21-12-17(29(32)33)10-11-19(21)25/h2-12H,13-14H2,1H3,(H,26,30). The number of carbonyl (C=O) groups is 1. The first-order valence-electron chi connectivity index (χ1n) is 10.2. The maximum atomic E-state index is 13.2. The van der Waals surface area contributed by atoms with Crippen molar-refractivity contribution in [3.63, 3.8) is 0 Å². The number of carbonyl (C=O) groups excluding carboxylic acids is 1. The number of hydrogen-bond donors (Lipinski definition) is 1. The number of aromatic nitrogens is 2. The van der Waals surface area contributed by atoms with Gasteiger partial charge in [0.2, 0.25) is 5.91 Å². The highest BCUT2D eigenvalue weighted by atomic mass is 35.5. The van der Waals surface area contributed by atoms with Crippen molar-refractivity contribution in [2.75, 3.05) is 11.1 Å². The molecule has 0 aliphatic heterocycles. The summed E-state index contributed by atoms with van der Waals surface area (Å²) in [6, 6.07) is 18.7. The number of benzene rings is 3. The molecule has 10 heteroatoms. The normalized spacial score (nSPS) is 10.9. The van der Waals surface area contributed by atoms with Crippen LogP contribution in [-0.2, 0) is 11.3 Å². The predicted molar refractivity (Wildman–Crippen MR) is 134 cm³/mol. The van der Waals surface area contributed by atoms with Gasteiger partial charge in [-0.05, 0) is 30.7 Å². The highest BCUT2D eigenvalue weighted by Crippen LogP contribution is 2.27. The van der Waals surface area contributed by atoms with E-state index in [9.17, 15) is 19.7 Å². The molecule has 1 heterocycles. The Balaban J connectivity index is 1.60. The minimum Gasteiger partial charge on any atom is -0.324 e. The molecular weight excluding hydrogens is 476 g/mol. The Hall–Kier alpha value is -3.69. The first kappa shape index (κ1) is 23.5. The van der Waals surface area contributed by atoms with E-state index in [2.05, 4.69) is 10.3 Å². The lowest BCUT2D eigenvalue weighted by molar-refractivity contribution is -0.384. The summed E-state index contributed by atoms with van der Waals surface area (Å²) in [5.74, 6) is -0.505. The summed E-state index contributed by atoms with van der Waals surface area (Å²) in [6.45, 7) is 2.29. The fourth-order valence-electron chi connectivity index (χ4n) is 3.31. The number of nitrogens with one attached hydrogen (secondary N) is 1. The number of hydrogen-bond acceptors (Lipinski definition) is 6. The minimum absolute atomic E-state index is 0.0717. The Labute approximate surface area is 203 Å². The fourth-order valence-corrected chi connectivity index (χ4v) is 4.28. The number of fused-ring (bicyclic) bond motifs is 1. The van der Waals surface area contributed by atoms with Crippen molar-refractivity contribution in [1.82, 2.24) is 9.55 Å². The van der Waals surface area contributed by atoms with E-state index < -0.39 is 10.8 Å². The Bertz CT molecular complexity index is 1450. The van der Waals surface area contributed by atoms with E-state index in [-0.39, 0.29) is 27.7 Å². The molecule has 0 bridgehead atoms. The summed E-state index contributed by atoms with van der Waals surface area (Å²) < 4.78 is 1.55. The zero-order chi connectivity index (χ0) is 24.2. The molecule has 172 valence electrons. The average molecular weight is 495 g/mol. The molecule has 0 aliphatic rings. The number of para-hydroxylation sites is 1. The Morgan fingerprint density at radius 3 is 2.62 bits per heavy atom. The molecule has 0 spiro atoms. The number of nitrogens with zero attached hydrogens (tertiary/aromatic N) is 3. The summed E-state index contributed by atoms with van der Waals surface area (Å²) >= 11 is 7.18. The largest absolute Gasteiger partial charge is 0.324 e. The number of aryl methyl sites for hydroxylation is 1. The molecule has 0 fully saturated rings. The van der Waals surface area contributed by atoms with Crippen molar-refractivity contribution in [1.29, 1.82) is 0 Å². The SMILES string of the molecule is Cc1ccc(Cn2c(SCC(=O)Nc3cc([N+](=O)[O-])ccc3Cl)nc3ccccc3c2=O)cc1. The van der Waals surface area contributed by atoms with Gasteiger partial charge in [0.1, 0.15) is 0 Å². The number of halogens is 1. The van der Waals surface area contributed by atoms with Crippen LogP contribution in [0.2, 0.25) is 5.02 Å². The molecule has 0 atom stereocenters. The number of thioether (sulfide) groups is 1. The predicted octanol–water partition coefficient (Wildman–Crippen LogP) is 5.05. The molecule has 0 saturated heterocycles. The van der Waals surface area contributed by atoms with Crippen LogP contribution >= 0.6 is 23.4 Å². The minimum atomic E-state index is -0.566. The van der Waals surface area contributed by atoms with Gasteiger partial charge in [-0.3, -0.25) is 24.3 Å². The summed E-state index contributed by atoms with van der Waals surface area (Å²) in [6.07, 6.45) is 0. The lowest BCUT2D eigenvalue weighted by Crippen LogP contribution is -2.25. The van der Waals surface area contributed by atoms with E-state index in [1.165, 1.54) is 18.2 Å². The number of rotatable bonds is 7. The molecule has 3 aromatic carbocycles. The van der Waals surface area contributed by atoms with Gasteiger partial charge in [-0.25, -0.2) is 4.98 Å². The summed E-state index contributed by atoms with van der Waals surface area (Å²) in [4.78, 5) is 40.9. The molecule has 1 aromatic heterocycles. The van der Waals surface area contributed by atoms with Gasteiger partial charge >= 0.3 is 0 Å². The van der Waals surface area contributed by atoms with Crippen LogP contribution in [0.4, 0.5) is 11.4 Å². The highest BCUT2D eigenvalue weighted by Gasteiger charge is 2.16. The highest BCUT2D eigenvalue weighted by molar-refractivity contribution is 7.99. The molecular formula is C24H19ClN4O4S. The monoisotopic (exact) mass is 494 g/mol. The zero-order valence-electron chi connectivity index (χ0n) is 18.0. The van der Waals surface area contributed by atoms with Crippen LogP contribution in [0.15, 0.2) is 76.7 Å². The summed E-state index contributed by atoms with van der Waals surface area (Å²) in [7, 11) is 0. The third kappa shape index (κ3) is 5.27. The van der Waals surface area contributed by atoms with Crippen molar-refractivity contribution in [3.8, 4) is 0 Å². The number of nitro benzene ring substituents is 1. The van der Waals surface area contributed by atoms with Gasteiger partial charge in [-0.1, -0.05) is 65.3 Å². The molecule has 4 aromatic rings. The second-order valence-corrected chi connectivity index (χ2v) is 8.90. The third-order valence-electron chi connectivity index (χ3n) is 5.06. The van der Waals surface area contributed by atoms with Crippen molar-refractivity contribution < 1.29 is 9.72 Å². The van der Waals surface area contributed by atoms with Crippen LogP contribution in [-0.4, -0.2) is 26.1 Å². The van der Waals surface area contributed by atoms with Crippen LogP contribution in [0.1, 0.15) is 11.1 Å². The van der Waals surface area contributed by atoms with E-state index in [0.717, 1.165) is 22.9 Å². The quantitative estimate of drug-likeness (QED) is 0.167. The molecule has 0 unspecified atom stereocenters. The Kier molecular flexibility index (Phi) is 6.95. The van der Waals surface area contributed by atoms with Crippen molar-refractivity contribution in [3.05, 3.63) is 103 Å². The van der Waals surface area contributed by atoms with Gasteiger partial charge in [0.25, 0.3) is 11.2 Å². The van der Waals surface area contributed by atoms with Gasteiger partial charge in [-0.2, -0.15) is 0 Å². The van der Waals surface area contributed by atoms with Crippen molar-refractivity contribution in [2.45, 2.75) is 18.6 Å². The first-order chi connectivity index (χ1) is 16.3. The Morgan fingerprint density at radius 1 is 1.15 bits per heavy atom. The van der Waals surface area contributed by atoms with Gasteiger partial charge in [0.05, 0.1) is 38.8 Å². The molecule has 1 amide bonds. The number of nitro groups is 1. The maximum Gasteiger partial charge on any atom is 0.271 e. The number of amides is 1. The van der Waals surface area contributed by atoms with E-state index >= 15 is 0 Å². The topological polar surface area (TPSA) is 107 Å². The van der Waals surface area contributed by atoms with E-state index in [1.54, 1.807) is 28.8 Å². The first-order valence-corrected chi connectivity index (χ1v) is 11.6. The van der Waals surface area contributed by atoms with E-state index in [4.69, 9.17) is 11.6 Å². The van der Waals surface area contributed by atoms with Crippen LogP contribution in [0.25, 0.3) is 10.9 Å². The molecule has 0 radical (unpaired) electrons. The molecule has 0 aliphatic carbocycles. The molecule has 4 rings (SSSR count). The number of anilines is 1. The van der Waals surface area contributed by atoms with Crippen molar-refractivity contribution >= 4 is 51.5 Å². The molecule has 8 nitrogen and oxygen atoms in total. The van der Waals surface area contributed by atoms with Gasteiger partial charge in [0.15, 0.2) is 5.16 Å². The van der Waals surface area contributed by atoms with E-state index in [1.807, 2.05) is 31.2 Å². The molecule has 0 saturated carbocycles. The van der Waals surface area contributed by atoms with Gasteiger partial charge in [-0.15, -0.1) is 0 Å². The summed E-state index contributed by atoms with van der Waals surface area (Å²) in [5, 5.41) is 14.7. The number of non-ortho nitro benzene ring substituents is 1. The van der Waals surface area contributed by atoms with Gasteiger partial charge in [0, 0.05) is 12.1 Å². The lowest BCUT2D eigenvalue weighted by atomic mass is 10.1. The van der Waals surface area contributed by atoms with Crippen LogP contribution in [0.3, 0.4) is 0 Å².